The summed E-state index contributed by atoms with van der Waals surface area (Å²) in [5, 5.41) is 2.27. The first-order chi connectivity index (χ1) is 11.2. The zero-order valence-corrected chi connectivity index (χ0v) is 13.7. The summed E-state index contributed by atoms with van der Waals surface area (Å²) in [4.78, 5) is 18.8. The maximum Gasteiger partial charge on any atom is 0.228 e. The molecule has 2 N–H and O–H groups in total. The molecule has 0 spiro atoms. The predicted molar refractivity (Wildman–Crippen MR) is 91.5 cm³/mol. The van der Waals surface area contributed by atoms with Crippen molar-refractivity contribution in [1.29, 1.82) is 0 Å². The monoisotopic (exact) mass is 312 g/mol. The zero-order valence-electron chi connectivity index (χ0n) is 13.7. The summed E-state index contributed by atoms with van der Waals surface area (Å²) in [7, 11) is 1.89. The Bertz CT molecular complexity index is 682. The van der Waals surface area contributed by atoms with Gasteiger partial charge in [-0.25, -0.2) is 0 Å². The van der Waals surface area contributed by atoms with Gasteiger partial charge in [-0.05, 0) is 23.4 Å². The number of carbonyl (C=O) groups is 1. The number of carbonyl (C=O) groups excluding carboxylic acids is 1. The van der Waals surface area contributed by atoms with E-state index in [2.05, 4.69) is 34.9 Å². The second-order valence-corrected chi connectivity index (χ2v) is 6.24. The second kappa shape index (κ2) is 7.06. The summed E-state index contributed by atoms with van der Waals surface area (Å²) in [6, 6.07) is 8.40. The van der Waals surface area contributed by atoms with Gasteiger partial charge in [-0.2, -0.15) is 0 Å². The van der Waals surface area contributed by atoms with E-state index in [4.69, 9.17) is 0 Å². The summed E-state index contributed by atoms with van der Waals surface area (Å²) in [5.41, 5.74) is 7.52. The lowest BCUT2D eigenvalue weighted by molar-refractivity contribution is -0.134. The fraction of sp³-hybridized carbons (Fsp3) is 0.444. The van der Waals surface area contributed by atoms with Gasteiger partial charge in [-0.3, -0.25) is 20.6 Å². The molecule has 5 nitrogen and oxygen atoms in total. The molecule has 2 aromatic rings. The first-order valence-corrected chi connectivity index (χ1v) is 8.25. The SMILES string of the molecule is CCCC1NNCC1C(=O)N(C)Cc1cccc2cnccc12. The van der Waals surface area contributed by atoms with E-state index in [-0.39, 0.29) is 17.9 Å². The smallest absolute Gasteiger partial charge is 0.228 e. The third-order valence-corrected chi connectivity index (χ3v) is 4.57. The van der Waals surface area contributed by atoms with E-state index in [1.165, 1.54) is 0 Å². The van der Waals surface area contributed by atoms with Gasteiger partial charge in [0.25, 0.3) is 0 Å². The van der Waals surface area contributed by atoms with Crippen molar-refractivity contribution in [1.82, 2.24) is 20.7 Å². The van der Waals surface area contributed by atoms with E-state index >= 15 is 0 Å². The highest BCUT2D eigenvalue weighted by Crippen LogP contribution is 2.21. The van der Waals surface area contributed by atoms with Gasteiger partial charge in [0.15, 0.2) is 0 Å². The van der Waals surface area contributed by atoms with Crippen LogP contribution in [0.15, 0.2) is 36.7 Å². The van der Waals surface area contributed by atoms with Crippen LogP contribution in [0.2, 0.25) is 0 Å². The molecular weight excluding hydrogens is 288 g/mol. The minimum absolute atomic E-state index is 0.0107. The number of hydrogen-bond donors (Lipinski definition) is 2. The molecule has 1 aliphatic heterocycles. The molecule has 1 amide bonds. The number of rotatable bonds is 5. The highest BCUT2D eigenvalue weighted by molar-refractivity contribution is 5.85. The molecule has 0 saturated carbocycles. The van der Waals surface area contributed by atoms with Crippen LogP contribution in [0.4, 0.5) is 0 Å². The molecule has 0 bridgehead atoms. The van der Waals surface area contributed by atoms with Crippen molar-refractivity contribution in [2.75, 3.05) is 13.6 Å². The quantitative estimate of drug-likeness (QED) is 0.887. The van der Waals surface area contributed by atoms with Gasteiger partial charge in [0.05, 0.1) is 5.92 Å². The number of nitrogens with one attached hydrogen (secondary N) is 2. The Hall–Kier alpha value is -1.98. The Kier molecular flexibility index (Phi) is 4.88. The van der Waals surface area contributed by atoms with Crippen molar-refractivity contribution in [3.05, 3.63) is 42.2 Å². The van der Waals surface area contributed by atoms with Crippen LogP contribution in [0.3, 0.4) is 0 Å². The lowest BCUT2D eigenvalue weighted by atomic mass is 9.96. The molecule has 1 saturated heterocycles. The topological polar surface area (TPSA) is 57.3 Å². The van der Waals surface area contributed by atoms with Crippen molar-refractivity contribution < 1.29 is 4.79 Å². The Morgan fingerprint density at radius 3 is 3.09 bits per heavy atom. The molecule has 2 unspecified atom stereocenters. The van der Waals surface area contributed by atoms with Gasteiger partial charge in [0.2, 0.25) is 5.91 Å². The summed E-state index contributed by atoms with van der Waals surface area (Å²) in [6.45, 7) is 3.47. The molecule has 3 rings (SSSR count). The second-order valence-electron chi connectivity index (χ2n) is 6.24. The maximum absolute atomic E-state index is 12.8. The third-order valence-electron chi connectivity index (χ3n) is 4.57. The van der Waals surface area contributed by atoms with Gasteiger partial charge in [0, 0.05) is 44.0 Å². The number of nitrogens with zero attached hydrogens (tertiary/aromatic N) is 2. The Balaban J connectivity index is 1.75. The average Bonchev–Trinajstić information content (AvgIpc) is 3.03. The Labute approximate surface area is 137 Å². The van der Waals surface area contributed by atoms with Crippen molar-refractivity contribution in [3.63, 3.8) is 0 Å². The Morgan fingerprint density at radius 2 is 2.26 bits per heavy atom. The fourth-order valence-corrected chi connectivity index (χ4v) is 3.33. The number of benzene rings is 1. The van der Waals surface area contributed by atoms with Crippen molar-refractivity contribution in [3.8, 4) is 0 Å². The molecule has 5 heteroatoms. The van der Waals surface area contributed by atoms with E-state index in [0.717, 1.165) is 29.2 Å². The molecule has 1 aliphatic rings. The molecule has 2 atom stereocenters. The van der Waals surface area contributed by atoms with Crippen LogP contribution < -0.4 is 10.9 Å². The number of fused-ring (bicyclic) bond motifs is 1. The number of pyridine rings is 1. The van der Waals surface area contributed by atoms with Gasteiger partial charge in [-0.15, -0.1) is 0 Å². The van der Waals surface area contributed by atoms with E-state index in [9.17, 15) is 4.79 Å². The summed E-state index contributed by atoms with van der Waals surface area (Å²) < 4.78 is 0. The molecular formula is C18H24N4O. The van der Waals surface area contributed by atoms with Crippen LogP contribution >= 0.6 is 0 Å². The maximum atomic E-state index is 12.8. The minimum atomic E-state index is 0.0107. The summed E-state index contributed by atoms with van der Waals surface area (Å²) >= 11 is 0. The Morgan fingerprint density at radius 1 is 1.39 bits per heavy atom. The largest absolute Gasteiger partial charge is 0.341 e. The fourth-order valence-electron chi connectivity index (χ4n) is 3.33. The number of amides is 1. The van der Waals surface area contributed by atoms with Crippen LogP contribution in [0.1, 0.15) is 25.3 Å². The van der Waals surface area contributed by atoms with Crippen molar-refractivity contribution in [2.45, 2.75) is 32.4 Å². The lowest BCUT2D eigenvalue weighted by Gasteiger charge is -2.24. The third kappa shape index (κ3) is 3.35. The predicted octanol–water partition coefficient (Wildman–Crippen LogP) is 2.09. The molecule has 1 aromatic heterocycles. The van der Waals surface area contributed by atoms with E-state index < -0.39 is 0 Å². The summed E-state index contributed by atoms with van der Waals surface area (Å²) in [5.74, 6) is 0.212. The minimum Gasteiger partial charge on any atom is -0.341 e. The van der Waals surface area contributed by atoms with Gasteiger partial charge in [-0.1, -0.05) is 31.5 Å². The molecule has 2 heterocycles. The van der Waals surface area contributed by atoms with Crippen LogP contribution in [0, 0.1) is 5.92 Å². The van der Waals surface area contributed by atoms with Crippen molar-refractivity contribution in [2.24, 2.45) is 5.92 Å². The van der Waals surface area contributed by atoms with Crippen molar-refractivity contribution >= 4 is 16.7 Å². The lowest BCUT2D eigenvalue weighted by Crippen LogP contribution is -2.40. The van der Waals surface area contributed by atoms with E-state index in [0.29, 0.717) is 13.1 Å². The van der Waals surface area contributed by atoms with Gasteiger partial charge >= 0.3 is 0 Å². The molecule has 1 fully saturated rings. The highest BCUT2D eigenvalue weighted by atomic mass is 16.2. The highest BCUT2D eigenvalue weighted by Gasteiger charge is 2.33. The number of hydrazine groups is 1. The standard InChI is InChI=1S/C18H24N4O/c1-3-5-17-16(11-20-21-17)18(23)22(2)12-14-7-4-6-13-10-19-9-8-15(13)14/h4,6-10,16-17,20-21H,3,5,11-12H2,1-2H3. The normalized spacial score (nSPS) is 20.8. The van der Waals surface area contributed by atoms with Gasteiger partial charge in [0.1, 0.15) is 0 Å². The summed E-state index contributed by atoms with van der Waals surface area (Å²) in [6.07, 6.45) is 5.75. The molecule has 0 aliphatic carbocycles. The van der Waals surface area contributed by atoms with E-state index in [1.807, 2.05) is 30.3 Å². The van der Waals surface area contributed by atoms with Crippen LogP contribution in [0.5, 0.6) is 0 Å². The van der Waals surface area contributed by atoms with Crippen LogP contribution in [-0.4, -0.2) is 35.4 Å². The first-order valence-electron chi connectivity index (χ1n) is 8.25. The average molecular weight is 312 g/mol. The number of aromatic nitrogens is 1. The molecule has 0 radical (unpaired) electrons. The van der Waals surface area contributed by atoms with Crippen LogP contribution in [0.25, 0.3) is 10.8 Å². The number of hydrogen-bond acceptors (Lipinski definition) is 4. The molecule has 23 heavy (non-hydrogen) atoms. The van der Waals surface area contributed by atoms with Crippen LogP contribution in [-0.2, 0) is 11.3 Å². The zero-order chi connectivity index (χ0) is 16.2. The first kappa shape index (κ1) is 15.9. The molecule has 122 valence electrons. The van der Waals surface area contributed by atoms with E-state index in [1.54, 1.807) is 6.20 Å². The molecule has 1 aromatic carbocycles. The van der Waals surface area contributed by atoms with Gasteiger partial charge < -0.3 is 4.90 Å².